The van der Waals surface area contributed by atoms with Gasteiger partial charge < -0.3 is 9.64 Å². The van der Waals surface area contributed by atoms with E-state index < -0.39 is 0 Å². The molecule has 1 fully saturated rings. The van der Waals surface area contributed by atoms with Crippen molar-refractivity contribution in [2.24, 2.45) is 0 Å². The van der Waals surface area contributed by atoms with Gasteiger partial charge in [0.05, 0.1) is 17.3 Å². The molecule has 0 atom stereocenters. The Morgan fingerprint density at radius 2 is 1.95 bits per heavy atom. The van der Waals surface area contributed by atoms with Crippen LogP contribution in [0.25, 0.3) is 10.2 Å². The van der Waals surface area contributed by atoms with Gasteiger partial charge in [0.2, 0.25) is 0 Å². The van der Waals surface area contributed by atoms with Crippen molar-refractivity contribution >= 4 is 26.7 Å². The lowest BCUT2D eigenvalue weighted by atomic mass is 10.2. The Morgan fingerprint density at radius 1 is 1.20 bits per heavy atom. The van der Waals surface area contributed by atoms with Crippen LogP contribution in [0.15, 0.2) is 18.2 Å². The minimum absolute atomic E-state index is 0.636. The Morgan fingerprint density at radius 3 is 2.60 bits per heavy atom. The topological polar surface area (TPSA) is 28.6 Å². The number of ether oxygens (including phenoxy) is 1. The van der Waals surface area contributed by atoms with Crippen molar-refractivity contribution in [2.75, 3.05) is 38.2 Å². The normalized spacial score (nSPS) is 17.1. The van der Waals surface area contributed by atoms with Gasteiger partial charge in [-0.2, -0.15) is 0 Å². The molecule has 4 nitrogen and oxygen atoms in total. The first-order chi connectivity index (χ1) is 9.67. The lowest BCUT2D eigenvalue weighted by Gasteiger charge is -2.36. The molecule has 0 saturated carbocycles. The molecular formula is C15H21N3OS. The van der Waals surface area contributed by atoms with E-state index in [1.165, 1.54) is 4.70 Å². The number of piperazine rings is 1. The fourth-order valence-electron chi connectivity index (χ4n) is 2.58. The Bertz CT molecular complexity index is 588. The lowest BCUT2D eigenvalue weighted by Crippen LogP contribution is -2.48. The zero-order valence-electron chi connectivity index (χ0n) is 12.3. The van der Waals surface area contributed by atoms with Crippen molar-refractivity contribution in [3.05, 3.63) is 18.2 Å². The van der Waals surface area contributed by atoms with E-state index in [0.717, 1.165) is 42.6 Å². The van der Waals surface area contributed by atoms with Gasteiger partial charge in [-0.05, 0) is 32.0 Å². The van der Waals surface area contributed by atoms with Gasteiger partial charge >= 0.3 is 0 Å². The summed E-state index contributed by atoms with van der Waals surface area (Å²) in [5.74, 6) is 0.900. The largest absolute Gasteiger partial charge is 0.497 e. The molecule has 0 N–H and O–H groups in total. The molecule has 1 aromatic heterocycles. The summed E-state index contributed by atoms with van der Waals surface area (Å²) in [6.45, 7) is 8.90. The van der Waals surface area contributed by atoms with Crippen molar-refractivity contribution < 1.29 is 4.74 Å². The lowest BCUT2D eigenvalue weighted by molar-refractivity contribution is 0.209. The molecule has 0 amide bonds. The molecule has 1 saturated heterocycles. The summed E-state index contributed by atoms with van der Waals surface area (Å²) >= 11 is 1.76. The molecule has 2 aromatic rings. The third-order valence-electron chi connectivity index (χ3n) is 3.90. The van der Waals surface area contributed by atoms with Crippen molar-refractivity contribution in [1.29, 1.82) is 0 Å². The average Bonchev–Trinajstić information content (AvgIpc) is 2.90. The zero-order valence-corrected chi connectivity index (χ0v) is 13.1. The predicted molar refractivity (Wildman–Crippen MR) is 85.1 cm³/mol. The molecule has 2 heterocycles. The molecule has 5 heteroatoms. The van der Waals surface area contributed by atoms with Crippen LogP contribution in [0, 0.1) is 0 Å². The van der Waals surface area contributed by atoms with Gasteiger partial charge in [0, 0.05) is 32.2 Å². The zero-order chi connectivity index (χ0) is 14.1. The van der Waals surface area contributed by atoms with E-state index in [0.29, 0.717) is 6.04 Å². The van der Waals surface area contributed by atoms with Crippen LogP contribution in [-0.2, 0) is 0 Å². The van der Waals surface area contributed by atoms with E-state index in [4.69, 9.17) is 9.72 Å². The summed E-state index contributed by atoms with van der Waals surface area (Å²) in [6, 6.07) is 6.72. The predicted octanol–water partition coefficient (Wildman–Crippen LogP) is 2.84. The fraction of sp³-hybridized carbons (Fsp3) is 0.533. The summed E-state index contributed by atoms with van der Waals surface area (Å²) < 4.78 is 6.48. The molecule has 0 spiro atoms. The van der Waals surface area contributed by atoms with Crippen molar-refractivity contribution in [2.45, 2.75) is 19.9 Å². The number of hydrogen-bond acceptors (Lipinski definition) is 5. The maximum Gasteiger partial charge on any atom is 0.186 e. The SMILES string of the molecule is COc1ccc2nc(N3CCN(C(C)C)CC3)sc2c1. The van der Waals surface area contributed by atoms with Crippen LogP contribution >= 0.6 is 11.3 Å². The van der Waals surface area contributed by atoms with Crippen molar-refractivity contribution in [3.63, 3.8) is 0 Å². The molecule has 108 valence electrons. The van der Waals surface area contributed by atoms with E-state index >= 15 is 0 Å². The number of methoxy groups -OCH3 is 1. The number of fused-ring (bicyclic) bond motifs is 1. The fourth-order valence-corrected chi connectivity index (χ4v) is 3.63. The Labute approximate surface area is 124 Å². The highest BCUT2D eigenvalue weighted by Crippen LogP contribution is 2.31. The molecule has 0 unspecified atom stereocenters. The molecule has 0 bridgehead atoms. The highest BCUT2D eigenvalue weighted by atomic mass is 32.1. The van der Waals surface area contributed by atoms with E-state index in [1.54, 1.807) is 18.4 Å². The van der Waals surface area contributed by atoms with Crippen molar-refractivity contribution in [1.82, 2.24) is 9.88 Å². The summed E-state index contributed by atoms with van der Waals surface area (Å²) in [6.07, 6.45) is 0. The Kier molecular flexibility index (Phi) is 3.81. The number of anilines is 1. The number of rotatable bonds is 3. The number of benzene rings is 1. The highest BCUT2D eigenvalue weighted by Gasteiger charge is 2.21. The summed E-state index contributed by atoms with van der Waals surface area (Å²) in [5.41, 5.74) is 1.07. The summed E-state index contributed by atoms with van der Waals surface area (Å²) in [4.78, 5) is 9.67. The first-order valence-corrected chi connectivity index (χ1v) is 7.92. The standard InChI is InChI=1S/C15H21N3OS/c1-11(2)17-6-8-18(9-7-17)15-16-13-5-4-12(19-3)10-14(13)20-15/h4-5,10-11H,6-9H2,1-3H3. The maximum absolute atomic E-state index is 5.28. The third kappa shape index (κ3) is 2.60. The molecule has 3 rings (SSSR count). The minimum Gasteiger partial charge on any atom is -0.497 e. The molecule has 20 heavy (non-hydrogen) atoms. The van der Waals surface area contributed by atoms with E-state index in [2.05, 4.69) is 29.7 Å². The van der Waals surface area contributed by atoms with Crippen LogP contribution < -0.4 is 9.64 Å². The molecule has 1 aromatic carbocycles. The van der Waals surface area contributed by atoms with Gasteiger partial charge in [-0.3, -0.25) is 4.90 Å². The van der Waals surface area contributed by atoms with Crippen LogP contribution in [0.2, 0.25) is 0 Å². The van der Waals surface area contributed by atoms with Crippen LogP contribution in [0.5, 0.6) is 5.75 Å². The van der Waals surface area contributed by atoms with Crippen LogP contribution in [0.4, 0.5) is 5.13 Å². The van der Waals surface area contributed by atoms with Gasteiger partial charge in [-0.1, -0.05) is 11.3 Å². The van der Waals surface area contributed by atoms with E-state index in [9.17, 15) is 0 Å². The van der Waals surface area contributed by atoms with E-state index in [-0.39, 0.29) is 0 Å². The van der Waals surface area contributed by atoms with Crippen molar-refractivity contribution in [3.8, 4) is 5.75 Å². The first-order valence-electron chi connectivity index (χ1n) is 7.11. The molecular weight excluding hydrogens is 270 g/mol. The van der Waals surface area contributed by atoms with Gasteiger partial charge in [-0.15, -0.1) is 0 Å². The smallest absolute Gasteiger partial charge is 0.186 e. The van der Waals surface area contributed by atoms with Crippen LogP contribution in [-0.4, -0.2) is 49.2 Å². The Balaban J connectivity index is 1.78. The van der Waals surface area contributed by atoms with E-state index in [1.807, 2.05) is 12.1 Å². The van der Waals surface area contributed by atoms with Gasteiger partial charge in [0.1, 0.15) is 5.75 Å². The third-order valence-corrected chi connectivity index (χ3v) is 4.98. The van der Waals surface area contributed by atoms with Gasteiger partial charge in [-0.25, -0.2) is 4.98 Å². The second kappa shape index (κ2) is 5.58. The summed E-state index contributed by atoms with van der Waals surface area (Å²) in [7, 11) is 1.70. The van der Waals surface area contributed by atoms with Gasteiger partial charge in [0.25, 0.3) is 0 Å². The number of thiazole rings is 1. The maximum atomic E-state index is 5.28. The Hall–Kier alpha value is -1.33. The van der Waals surface area contributed by atoms with Crippen LogP contribution in [0.1, 0.15) is 13.8 Å². The summed E-state index contributed by atoms with van der Waals surface area (Å²) in [5, 5.41) is 1.14. The average molecular weight is 291 g/mol. The minimum atomic E-state index is 0.636. The first kappa shape index (κ1) is 13.6. The van der Waals surface area contributed by atoms with Crippen LogP contribution in [0.3, 0.4) is 0 Å². The number of hydrogen-bond donors (Lipinski definition) is 0. The number of aromatic nitrogens is 1. The molecule has 0 radical (unpaired) electrons. The quantitative estimate of drug-likeness (QED) is 0.869. The molecule has 0 aliphatic carbocycles. The molecule has 1 aliphatic rings. The monoisotopic (exact) mass is 291 g/mol. The second-order valence-electron chi connectivity index (χ2n) is 5.45. The highest BCUT2D eigenvalue weighted by molar-refractivity contribution is 7.22. The molecule has 1 aliphatic heterocycles. The van der Waals surface area contributed by atoms with Gasteiger partial charge in [0.15, 0.2) is 5.13 Å². The number of nitrogens with zero attached hydrogens (tertiary/aromatic N) is 3. The second-order valence-corrected chi connectivity index (χ2v) is 6.46.